The zero-order valence-corrected chi connectivity index (χ0v) is 12.8. The van der Waals surface area contributed by atoms with Gasteiger partial charge < -0.3 is 11.1 Å². The summed E-state index contributed by atoms with van der Waals surface area (Å²) in [7, 11) is 0. The van der Waals surface area contributed by atoms with E-state index in [0.29, 0.717) is 6.54 Å². The van der Waals surface area contributed by atoms with Crippen LogP contribution in [-0.4, -0.2) is 12.1 Å². The van der Waals surface area contributed by atoms with Gasteiger partial charge in [-0.1, -0.05) is 29.8 Å². The molecule has 0 bridgehead atoms. The summed E-state index contributed by atoms with van der Waals surface area (Å²) in [6.45, 7) is 5.38. The summed E-state index contributed by atoms with van der Waals surface area (Å²) in [6.07, 6.45) is 3.66. The van der Waals surface area contributed by atoms with Crippen molar-refractivity contribution in [3.05, 3.63) is 28.7 Å². The van der Waals surface area contributed by atoms with Crippen molar-refractivity contribution in [1.82, 2.24) is 0 Å². The summed E-state index contributed by atoms with van der Waals surface area (Å²) >= 11 is 3.47. The minimum Gasteiger partial charge on any atom is -0.378 e. The topological polar surface area (TPSA) is 38.0 Å². The molecule has 0 amide bonds. The fraction of sp³-hybridized carbons (Fsp3) is 0.600. The SMILES string of the molecule is CC1CC(C)CC(CN)(Nc2ccc(Br)cc2)C1. The van der Waals surface area contributed by atoms with Crippen molar-refractivity contribution in [1.29, 1.82) is 0 Å². The first-order valence-corrected chi connectivity index (χ1v) is 7.56. The normalized spacial score (nSPS) is 32.2. The van der Waals surface area contributed by atoms with Crippen LogP contribution in [0.3, 0.4) is 0 Å². The molecule has 0 aliphatic heterocycles. The first kappa shape index (κ1) is 13.9. The smallest absolute Gasteiger partial charge is 0.0500 e. The van der Waals surface area contributed by atoms with Gasteiger partial charge in [0.1, 0.15) is 0 Å². The number of hydrogen-bond acceptors (Lipinski definition) is 2. The van der Waals surface area contributed by atoms with Crippen LogP contribution < -0.4 is 11.1 Å². The van der Waals surface area contributed by atoms with Gasteiger partial charge in [0, 0.05) is 16.7 Å². The molecular formula is C15H23BrN2. The Balaban J connectivity index is 2.14. The second-order valence-corrected chi connectivity index (χ2v) is 6.89. The lowest BCUT2D eigenvalue weighted by Gasteiger charge is -2.43. The predicted molar refractivity (Wildman–Crippen MR) is 81.7 cm³/mol. The number of hydrogen-bond donors (Lipinski definition) is 2. The summed E-state index contributed by atoms with van der Waals surface area (Å²) in [5.74, 6) is 1.50. The minimum absolute atomic E-state index is 0.0743. The molecule has 0 aromatic heterocycles. The molecule has 100 valence electrons. The molecule has 2 unspecified atom stereocenters. The fourth-order valence-electron chi connectivity index (χ4n) is 3.43. The van der Waals surface area contributed by atoms with Crippen LogP contribution in [0.4, 0.5) is 5.69 Å². The van der Waals surface area contributed by atoms with E-state index in [1.165, 1.54) is 24.9 Å². The van der Waals surface area contributed by atoms with E-state index in [1.807, 2.05) is 0 Å². The van der Waals surface area contributed by atoms with Crippen molar-refractivity contribution < 1.29 is 0 Å². The first-order valence-electron chi connectivity index (χ1n) is 6.77. The molecule has 3 N–H and O–H groups in total. The quantitative estimate of drug-likeness (QED) is 0.885. The number of nitrogens with one attached hydrogen (secondary N) is 1. The summed E-state index contributed by atoms with van der Waals surface area (Å²) in [5.41, 5.74) is 7.31. The van der Waals surface area contributed by atoms with Crippen molar-refractivity contribution in [3.8, 4) is 0 Å². The van der Waals surface area contributed by atoms with E-state index in [1.54, 1.807) is 0 Å². The van der Waals surface area contributed by atoms with E-state index in [-0.39, 0.29) is 5.54 Å². The number of nitrogens with two attached hydrogens (primary N) is 1. The lowest BCUT2D eigenvalue weighted by molar-refractivity contribution is 0.205. The van der Waals surface area contributed by atoms with Crippen LogP contribution in [0, 0.1) is 11.8 Å². The number of rotatable bonds is 3. The molecule has 2 atom stereocenters. The van der Waals surface area contributed by atoms with Gasteiger partial charge in [-0.3, -0.25) is 0 Å². The van der Waals surface area contributed by atoms with Gasteiger partial charge in [-0.25, -0.2) is 0 Å². The van der Waals surface area contributed by atoms with Gasteiger partial charge in [0.15, 0.2) is 0 Å². The van der Waals surface area contributed by atoms with Crippen LogP contribution in [-0.2, 0) is 0 Å². The highest BCUT2D eigenvalue weighted by atomic mass is 79.9. The molecule has 2 rings (SSSR count). The van der Waals surface area contributed by atoms with Crippen molar-refractivity contribution in [2.45, 2.75) is 38.6 Å². The average Bonchev–Trinajstić information content (AvgIpc) is 2.31. The van der Waals surface area contributed by atoms with Gasteiger partial charge in [-0.05, 0) is 55.4 Å². The van der Waals surface area contributed by atoms with E-state index in [9.17, 15) is 0 Å². The largest absolute Gasteiger partial charge is 0.378 e. The van der Waals surface area contributed by atoms with Crippen molar-refractivity contribution >= 4 is 21.6 Å². The number of anilines is 1. The van der Waals surface area contributed by atoms with Crippen molar-refractivity contribution in [2.24, 2.45) is 17.6 Å². The Morgan fingerprint density at radius 2 is 1.78 bits per heavy atom. The van der Waals surface area contributed by atoms with Crippen LogP contribution in [0.5, 0.6) is 0 Å². The molecule has 18 heavy (non-hydrogen) atoms. The number of benzene rings is 1. The van der Waals surface area contributed by atoms with E-state index >= 15 is 0 Å². The Morgan fingerprint density at radius 3 is 2.28 bits per heavy atom. The lowest BCUT2D eigenvalue weighted by Crippen LogP contribution is -2.50. The van der Waals surface area contributed by atoms with Gasteiger partial charge >= 0.3 is 0 Å². The Labute approximate surface area is 118 Å². The van der Waals surface area contributed by atoms with E-state index < -0.39 is 0 Å². The fourth-order valence-corrected chi connectivity index (χ4v) is 3.69. The van der Waals surface area contributed by atoms with E-state index in [0.717, 1.165) is 16.3 Å². The molecule has 0 saturated heterocycles. The van der Waals surface area contributed by atoms with Gasteiger partial charge in [0.25, 0.3) is 0 Å². The highest BCUT2D eigenvalue weighted by molar-refractivity contribution is 9.10. The summed E-state index contributed by atoms with van der Waals surface area (Å²) in [4.78, 5) is 0. The predicted octanol–water partition coefficient (Wildman–Crippen LogP) is 4.01. The molecule has 0 spiro atoms. The van der Waals surface area contributed by atoms with Crippen LogP contribution in [0.2, 0.25) is 0 Å². The third-order valence-corrected chi connectivity index (χ3v) is 4.46. The van der Waals surface area contributed by atoms with Crippen LogP contribution in [0.1, 0.15) is 33.1 Å². The molecule has 1 aliphatic rings. The molecule has 0 radical (unpaired) electrons. The second kappa shape index (κ2) is 5.62. The summed E-state index contributed by atoms with van der Waals surface area (Å²) in [6, 6.07) is 8.38. The van der Waals surface area contributed by atoms with Crippen molar-refractivity contribution in [2.75, 3.05) is 11.9 Å². The van der Waals surface area contributed by atoms with Crippen LogP contribution in [0.25, 0.3) is 0 Å². The van der Waals surface area contributed by atoms with Crippen LogP contribution >= 0.6 is 15.9 Å². The zero-order valence-electron chi connectivity index (χ0n) is 11.2. The molecule has 1 aromatic carbocycles. The molecule has 0 heterocycles. The summed E-state index contributed by atoms with van der Waals surface area (Å²) in [5, 5.41) is 3.69. The Kier molecular flexibility index (Phi) is 4.33. The molecule has 2 nitrogen and oxygen atoms in total. The molecule has 1 saturated carbocycles. The van der Waals surface area contributed by atoms with Gasteiger partial charge in [0.05, 0.1) is 5.54 Å². The maximum Gasteiger partial charge on any atom is 0.0500 e. The molecule has 1 fully saturated rings. The maximum atomic E-state index is 6.07. The Hall–Kier alpha value is -0.540. The monoisotopic (exact) mass is 310 g/mol. The molecule has 3 heteroatoms. The van der Waals surface area contributed by atoms with Crippen molar-refractivity contribution in [3.63, 3.8) is 0 Å². The van der Waals surface area contributed by atoms with E-state index in [4.69, 9.17) is 5.73 Å². The maximum absolute atomic E-state index is 6.07. The second-order valence-electron chi connectivity index (χ2n) is 5.97. The van der Waals surface area contributed by atoms with Crippen LogP contribution in [0.15, 0.2) is 28.7 Å². The minimum atomic E-state index is 0.0743. The summed E-state index contributed by atoms with van der Waals surface area (Å²) < 4.78 is 1.11. The molecular weight excluding hydrogens is 288 g/mol. The average molecular weight is 311 g/mol. The molecule has 1 aliphatic carbocycles. The molecule has 1 aromatic rings. The van der Waals surface area contributed by atoms with Gasteiger partial charge in [-0.2, -0.15) is 0 Å². The first-order chi connectivity index (χ1) is 8.53. The Morgan fingerprint density at radius 1 is 1.22 bits per heavy atom. The van der Waals surface area contributed by atoms with Gasteiger partial charge in [-0.15, -0.1) is 0 Å². The third-order valence-electron chi connectivity index (χ3n) is 3.93. The lowest BCUT2D eigenvalue weighted by atomic mass is 9.71. The zero-order chi connectivity index (χ0) is 13.2. The highest BCUT2D eigenvalue weighted by Gasteiger charge is 2.36. The number of halogens is 1. The highest BCUT2D eigenvalue weighted by Crippen LogP contribution is 2.37. The van der Waals surface area contributed by atoms with Gasteiger partial charge in [0.2, 0.25) is 0 Å². The Bertz CT molecular complexity index is 378. The van der Waals surface area contributed by atoms with E-state index in [2.05, 4.69) is 59.4 Å². The standard InChI is InChI=1S/C15H23BrN2/c1-11-7-12(2)9-15(8-11,10-17)18-14-5-3-13(16)4-6-14/h3-6,11-12,18H,7-10,17H2,1-2H3. The third kappa shape index (κ3) is 3.27.